The highest BCUT2D eigenvalue weighted by molar-refractivity contribution is 7.09. The maximum absolute atomic E-state index is 13.7. The minimum Gasteiger partial charge on any atom is -0.444 e. The Bertz CT molecular complexity index is 1330. The van der Waals surface area contributed by atoms with Crippen molar-refractivity contribution >= 4 is 46.5 Å². The van der Waals surface area contributed by atoms with E-state index in [1.807, 2.05) is 24.3 Å². The van der Waals surface area contributed by atoms with Crippen molar-refractivity contribution in [2.75, 3.05) is 4.90 Å². The van der Waals surface area contributed by atoms with Gasteiger partial charge in [0, 0.05) is 28.2 Å². The second kappa shape index (κ2) is 11.5. The molecule has 3 amide bonds. The first kappa shape index (κ1) is 27.6. The lowest BCUT2D eigenvalue weighted by atomic mass is 9.97. The molecule has 2 aromatic carbocycles. The molecule has 4 rings (SSSR count). The third-order valence-electron chi connectivity index (χ3n) is 5.68. The number of fused-ring (bicyclic) bond motifs is 1. The summed E-state index contributed by atoms with van der Waals surface area (Å²) in [6.45, 7) is 5.85. The number of benzene rings is 2. The van der Waals surface area contributed by atoms with E-state index in [1.165, 1.54) is 11.3 Å². The van der Waals surface area contributed by atoms with Crippen LogP contribution in [0.1, 0.15) is 54.9 Å². The van der Waals surface area contributed by atoms with E-state index in [0.29, 0.717) is 16.3 Å². The summed E-state index contributed by atoms with van der Waals surface area (Å²) in [4.78, 5) is 44.3. The summed E-state index contributed by atoms with van der Waals surface area (Å²) in [6.07, 6.45) is -0.960. The van der Waals surface area contributed by atoms with E-state index in [1.54, 1.807) is 55.6 Å². The van der Waals surface area contributed by atoms with Crippen LogP contribution in [-0.2, 0) is 32.2 Å². The molecule has 3 aromatic rings. The maximum Gasteiger partial charge on any atom is 0.407 e. The number of hydrogen-bond acceptors (Lipinski definition) is 7. The Kier molecular flexibility index (Phi) is 8.35. The van der Waals surface area contributed by atoms with E-state index in [0.717, 1.165) is 16.0 Å². The van der Waals surface area contributed by atoms with Crippen LogP contribution in [0.25, 0.3) is 0 Å². The maximum atomic E-state index is 13.7. The van der Waals surface area contributed by atoms with Crippen LogP contribution >= 0.6 is 22.9 Å². The largest absolute Gasteiger partial charge is 0.444 e. The molecule has 0 radical (unpaired) electrons. The average Bonchev–Trinajstić information content (AvgIpc) is 3.32. The number of primary amides is 1. The Morgan fingerprint density at radius 1 is 1.24 bits per heavy atom. The van der Waals surface area contributed by atoms with Crippen LogP contribution in [0.5, 0.6) is 0 Å². The minimum atomic E-state index is -1.11. The summed E-state index contributed by atoms with van der Waals surface area (Å²) in [7, 11) is 0. The van der Waals surface area contributed by atoms with Gasteiger partial charge in [-0.05, 0) is 50.1 Å². The first-order chi connectivity index (χ1) is 18.0. The van der Waals surface area contributed by atoms with Crippen LogP contribution in [0.3, 0.4) is 0 Å². The lowest BCUT2D eigenvalue weighted by Crippen LogP contribution is -2.40. The highest BCUT2D eigenvalue weighted by atomic mass is 35.5. The highest BCUT2D eigenvalue weighted by Gasteiger charge is 2.37. The number of anilines is 1. The fourth-order valence-corrected chi connectivity index (χ4v) is 4.90. The van der Waals surface area contributed by atoms with Gasteiger partial charge in [-0.3, -0.25) is 14.6 Å². The quantitative estimate of drug-likeness (QED) is 0.434. The van der Waals surface area contributed by atoms with Gasteiger partial charge < -0.3 is 25.4 Å². The van der Waals surface area contributed by atoms with Crippen molar-refractivity contribution in [3.8, 4) is 0 Å². The fourth-order valence-electron chi connectivity index (χ4n) is 4.14. The van der Waals surface area contributed by atoms with Gasteiger partial charge >= 0.3 is 6.09 Å². The predicted octanol–water partition coefficient (Wildman–Crippen LogP) is 4.72. The van der Waals surface area contributed by atoms with Gasteiger partial charge in [-0.15, -0.1) is 11.3 Å². The molecule has 9 nitrogen and oxygen atoms in total. The molecular formula is C27H29ClN4O5S. The average molecular weight is 557 g/mol. The smallest absolute Gasteiger partial charge is 0.407 e. The van der Waals surface area contributed by atoms with Gasteiger partial charge in [0.05, 0.1) is 24.2 Å². The molecule has 38 heavy (non-hydrogen) atoms. The van der Waals surface area contributed by atoms with E-state index in [9.17, 15) is 14.4 Å². The Labute approximate surface area is 229 Å². The molecule has 0 aliphatic carbocycles. The number of halogens is 1. The third kappa shape index (κ3) is 6.89. The number of nitrogens with one attached hydrogen (secondary N) is 1. The number of hydrogen-bond donors (Lipinski definition) is 2. The first-order valence-corrected chi connectivity index (χ1v) is 13.2. The molecule has 11 heteroatoms. The number of aromatic nitrogens is 1. The van der Waals surface area contributed by atoms with Crippen molar-refractivity contribution in [3.63, 3.8) is 0 Å². The van der Waals surface area contributed by atoms with Crippen molar-refractivity contribution in [1.29, 1.82) is 0 Å². The van der Waals surface area contributed by atoms with Crippen LogP contribution in [0.2, 0.25) is 5.02 Å². The number of rotatable bonds is 7. The summed E-state index contributed by atoms with van der Waals surface area (Å²) in [5, 5.41) is 3.22. The molecule has 1 aliphatic rings. The Morgan fingerprint density at radius 3 is 2.71 bits per heavy atom. The van der Waals surface area contributed by atoms with E-state index in [4.69, 9.17) is 26.8 Å². The number of thiazole rings is 1. The standard InChI is InChI=1S/C27H29ClN4O5S/c1-27(2,3)37-26(35)31-12-16-5-4-6-17(9-16)24-20-10-18(28)7-8-21(20)32(14-19-13-30-15-38-19)25(34)22(36-24)11-23(29)33/h4-10,13,15,22,24H,11-12,14H2,1-3H3,(H2,29,33)(H,31,35). The molecule has 2 atom stereocenters. The number of nitrogens with two attached hydrogens (primary N) is 1. The van der Waals surface area contributed by atoms with Crippen molar-refractivity contribution in [1.82, 2.24) is 10.3 Å². The van der Waals surface area contributed by atoms with Gasteiger partial charge in [-0.1, -0.05) is 35.9 Å². The van der Waals surface area contributed by atoms with Crippen molar-refractivity contribution in [2.45, 2.75) is 58.1 Å². The van der Waals surface area contributed by atoms with Crippen molar-refractivity contribution in [2.24, 2.45) is 5.73 Å². The van der Waals surface area contributed by atoms with Crippen LogP contribution in [0, 0.1) is 0 Å². The number of alkyl carbamates (subject to hydrolysis) is 1. The summed E-state index contributed by atoms with van der Waals surface area (Å²) < 4.78 is 11.6. The molecule has 0 fully saturated rings. The van der Waals surface area contributed by atoms with E-state index < -0.39 is 29.8 Å². The van der Waals surface area contributed by atoms with Crippen molar-refractivity contribution in [3.05, 3.63) is 80.8 Å². The SMILES string of the molecule is CC(C)(C)OC(=O)NCc1cccc(C2OC(CC(N)=O)C(=O)N(Cc3cncs3)c3ccc(Cl)cc32)c1. The zero-order chi connectivity index (χ0) is 27.4. The Balaban J connectivity index is 1.71. The van der Waals surface area contributed by atoms with Gasteiger partial charge in [0.2, 0.25) is 5.91 Å². The number of ether oxygens (including phenoxy) is 2. The van der Waals surface area contributed by atoms with Gasteiger partial charge in [0.25, 0.3) is 5.91 Å². The van der Waals surface area contributed by atoms with Gasteiger partial charge in [-0.25, -0.2) is 4.79 Å². The summed E-state index contributed by atoms with van der Waals surface area (Å²) in [6, 6.07) is 12.7. The van der Waals surface area contributed by atoms with Crippen LogP contribution in [-0.4, -0.2) is 34.6 Å². The molecule has 0 saturated carbocycles. The molecule has 0 saturated heterocycles. The second-order valence-electron chi connectivity index (χ2n) is 9.87. The van der Waals surface area contributed by atoms with Crippen LogP contribution in [0.4, 0.5) is 10.5 Å². The third-order valence-corrected chi connectivity index (χ3v) is 6.68. The zero-order valence-electron chi connectivity index (χ0n) is 21.3. The minimum absolute atomic E-state index is 0.221. The number of carbonyl (C=O) groups is 3. The first-order valence-electron chi connectivity index (χ1n) is 12.0. The predicted molar refractivity (Wildman–Crippen MR) is 145 cm³/mol. The lowest BCUT2D eigenvalue weighted by molar-refractivity contribution is -0.137. The molecule has 200 valence electrons. The number of amides is 3. The zero-order valence-corrected chi connectivity index (χ0v) is 22.8. The lowest BCUT2D eigenvalue weighted by Gasteiger charge is -2.24. The number of nitrogens with zero attached hydrogens (tertiary/aromatic N) is 2. The topological polar surface area (TPSA) is 124 Å². The van der Waals surface area contributed by atoms with Gasteiger partial charge in [0.15, 0.2) is 0 Å². The van der Waals surface area contributed by atoms with Crippen LogP contribution < -0.4 is 16.0 Å². The molecule has 0 spiro atoms. The molecular weight excluding hydrogens is 528 g/mol. The second-order valence-corrected chi connectivity index (χ2v) is 11.3. The van der Waals surface area contributed by atoms with Crippen LogP contribution in [0.15, 0.2) is 54.2 Å². The van der Waals surface area contributed by atoms with Gasteiger partial charge in [-0.2, -0.15) is 0 Å². The summed E-state index contributed by atoms with van der Waals surface area (Å²) in [5.41, 5.74) is 9.37. The van der Waals surface area contributed by atoms with E-state index >= 15 is 0 Å². The fraction of sp³-hybridized carbons (Fsp3) is 0.333. The summed E-state index contributed by atoms with van der Waals surface area (Å²) in [5.74, 6) is -1.04. The normalized spacial score (nSPS) is 17.5. The monoisotopic (exact) mass is 556 g/mol. The number of carbonyl (C=O) groups excluding carboxylic acids is 3. The Morgan fingerprint density at radius 2 is 2.03 bits per heavy atom. The van der Waals surface area contributed by atoms with E-state index in [2.05, 4.69) is 10.3 Å². The molecule has 1 aliphatic heterocycles. The molecule has 2 heterocycles. The highest BCUT2D eigenvalue weighted by Crippen LogP contribution is 2.40. The molecule has 3 N–H and O–H groups in total. The molecule has 0 bridgehead atoms. The molecule has 2 unspecified atom stereocenters. The molecule has 1 aromatic heterocycles. The van der Waals surface area contributed by atoms with E-state index in [-0.39, 0.29) is 25.4 Å². The van der Waals surface area contributed by atoms with Crippen molar-refractivity contribution < 1.29 is 23.9 Å². The summed E-state index contributed by atoms with van der Waals surface area (Å²) >= 11 is 7.82. The Hall–Kier alpha value is -3.47. The van der Waals surface area contributed by atoms with Gasteiger partial charge in [0.1, 0.15) is 17.8 Å².